The number of nitrogens with zero attached hydrogens (tertiary/aromatic N) is 4. The summed E-state index contributed by atoms with van der Waals surface area (Å²) < 4.78 is 0. The van der Waals surface area contributed by atoms with Gasteiger partial charge in [0.2, 0.25) is 23.6 Å². The van der Waals surface area contributed by atoms with E-state index in [1.807, 2.05) is 12.1 Å². The van der Waals surface area contributed by atoms with Crippen molar-refractivity contribution in [3.63, 3.8) is 0 Å². The van der Waals surface area contributed by atoms with Crippen molar-refractivity contribution in [2.75, 3.05) is 11.4 Å². The maximum absolute atomic E-state index is 13.2. The van der Waals surface area contributed by atoms with Crippen LogP contribution in [0.3, 0.4) is 0 Å². The minimum Gasteiger partial charge on any atom is -0.481 e. The number of amides is 4. The molecule has 1 aromatic carbocycles. The van der Waals surface area contributed by atoms with Crippen molar-refractivity contribution in [3.05, 3.63) is 35.7 Å². The molecule has 2 atom stereocenters. The van der Waals surface area contributed by atoms with E-state index in [-0.39, 0.29) is 31.1 Å². The number of rotatable bonds is 11. The minimum absolute atomic E-state index is 0.0264. The third kappa shape index (κ3) is 6.61. The van der Waals surface area contributed by atoms with Crippen molar-refractivity contribution in [3.8, 4) is 0 Å². The van der Waals surface area contributed by atoms with Gasteiger partial charge in [0.1, 0.15) is 12.1 Å². The lowest BCUT2D eigenvalue weighted by Gasteiger charge is -2.26. The fraction of sp³-hybridized carbons (Fsp3) is 0.455. The number of carboxylic acids is 1. The Hall–Kier alpha value is -4.36. The van der Waals surface area contributed by atoms with Gasteiger partial charge in [-0.1, -0.05) is 37.3 Å². The summed E-state index contributed by atoms with van der Waals surface area (Å²) in [5.41, 5.74) is 1.38. The first-order valence-electron chi connectivity index (χ1n) is 11.4. The Kier molecular flexibility index (Phi) is 8.65. The van der Waals surface area contributed by atoms with Crippen LogP contribution in [0.15, 0.2) is 24.3 Å². The zero-order valence-corrected chi connectivity index (χ0v) is 19.9. The highest BCUT2D eigenvalue weighted by Gasteiger charge is 2.38. The Balaban J connectivity index is 1.65. The van der Waals surface area contributed by atoms with Gasteiger partial charge >= 0.3 is 5.97 Å². The smallest absolute Gasteiger partial charge is 0.303 e. The molecule has 2 heterocycles. The highest BCUT2D eigenvalue weighted by molar-refractivity contribution is 6.05. The molecular weight excluding hydrogens is 472 g/mol. The third-order valence-electron chi connectivity index (χ3n) is 5.60. The van der Waals surface area contributed by atoms with E-state index < -0.39 is 48.2 Å². The number of H-pyrrole nitrogens is 1. The Morgan fingerprint density at radius 1 is 1.14 bits per heavy atom. The Labute approximate surface area is 206 Å². The first kappa shape index (κ1) is 26.2. The molecule has 5 N–H and O–H groups in total. The van der Waals surface area contributed by atoms with Crippen molar-refractivity contribution in [2.24, 2.45) is 5.92 Å². The van der Waals surface area contributed by atoms with Crippen LogP contribution < -0.4 is 20.9 Å². The van der Waals surface area contributed by atoms with Crippen LogP contribution in [0.1, 0.15) is 38.1 Å². The molecule has 36 heavy (non-hydrogen) atoms. The average molecular weight is 501 g/mol. The number of aromatic nitrogens is 4. The number of aliphatic carboxylic acids is 1. The number of carbonyl (C=O) groups excluding carboxylic acids is 4. The molecule has 3 rings (SSSR count). The highest BCUT2D eigenvalue weighted by atomic mass is 16.4. The quantitative estimate of drug-likeness (QED) is 0.254. The van der Waals surface area contributed by atoms with Crippen LogP contribution in [0.5, 0.6) is 0 Å². The van der Waals surface area contributed by atoms with Crippen LogP contribution in [0, 0.1) is 5.92 Å². The summed E-state index contributed by atoms with van der Waals surface area (Å²) in [5, 5.41) is 29.8. The van der Waals surface area contributed by atoms with Crippen molar-refractivity contribution in [1.82, 2.24) is 36.6 Å². The maximum atomic E-state index is 13.2. The molecule has 0 radical (unpaired) electrons. The molecule has 14 heteroatoms. The van der Waals surface area contributed by atoms with Crippen LogP contribution >= 0.6 is 0 Å². The maximum Gasteiger partial charge on any atom is 0.303 e. The minimum atomic E-state index is -1.12. The Morgan fingerprint density at radius 2 is 1.89 bits per heavy atom. The molecule has 4 amide bonds. The number of hydrogen-bond donors (Lipinski definition) is 5. The zero-order chi connectivity index (χ0) is 26.2. The number of fused-ring (bicyclic) bond motifs is 1. The monoisotopic (exact) mass is 500 g/mol. The predicted octanol–water partition coefficient (Wildman–Crippen LogP) is -1.10. The van der Waals surface area contributed by atoms with Crippen LogP contribution in [-0.2, 0) is 36.9 Å². The standard InChI is InChI=1S/C22H28N8O6/c1-12(2)20(25-17(31)7-8-19(33)34)22(36)24-11-18(32)30-14-6-4-3-5-13(14)9-15(30)21(35)23-10-16-26-28-29-27-16/h3-6,12,15,20H,7-11H2,1-2H3,(H,23,35)(H,24,36)(H,25,31)(H,33,34)(H,26,27,28,29)/t15-,20?/m0/s1. The second-order valence-corrected chi connectivity index (χ2v) is 8.56. The summed E-state index contributed by atoms with van der Waals surface area (Å²) in [4.78, 5) is 62.9. The molecule has 0 aliphatic carbocycles. The summed E-state index contributed by atoms with van der Waals surface area (Å²) in [7, 11) is 0. The van der Waals surface area contributed by atoms with E-state index in [0.717, 1.165) is 5.56 Å². The van der Waals surface area contributed by atoms with E-state index in [1.54, 1.807) is 26.0 Å². The lowest BCUT2D eigenvalue weighted by atomic mass is 10.0. The number of nitrogens with one attached hydrogen (secondary N) is 4. The van der Waals surface area contributed by atoms with Crippen LogP contribution in [0.2, 0.25) is 0 Å². The molecule has 1 aliphatic heterocycles. The lowest BCUT2D eigenvalue weighted by molar-refractivity contribution is -0.139. The van der Waals surface area contributed by atoms with Gasteiger partial charge < -0.3 is 21.1 Å². The summed E-state index contributed by atoms with van der Waals surface area (Å²) in [6.07, 6.45) is -0.334. The van der Waals surface area contributed by atoms with Gasteiger partial charge in [-0.05, 0) is 17.5 Å². The van der Waals surface area contributed by atoms with Gasteiger partial charge in [0.05, 0.1) is 19.5 Å². The van der Waals surface area contributed by atoms with Gasteiger partial charge in [0, 0.05) is 18.5 Å². The normalized spacial score (nSPS) is 15.2. The van der Waals surface area contributed by atoms with Crippen LogP contribution in [-0.4, -0.2) is 74.0 Å². The van der Waals surface area contributed by atoms with Gasteiger partial charge in [-0.15, -0.1) is 10.2 Å². The molecule has 1 unspecified atom stereocenters. The topological polar surface area (TPSA) is 199 Å². The number of para-hydroxylation sites is 1. The summed E-state index contributed by atoms with van der Waals surface area (Å²) in [6.45, 7) is 3.04. The Bertz CT molecular complexity index is 1120. The molecule has 0 fully saturated rings. The summed E-state index contributed by atoms with van der Waals surface area (Å²) >= 11 is 0. The third-order valence-corrected chi connectivity index (χ3v) is 5.60. The molecule has 0 bridgehead atoms. The predicted molar refractivity (Wildman–Crippen MR) is 124 cm³/mol. The van der Waals surface area contributed by atoms with Crippen molar-refractivity contribution < 1.29 is 29.1 Å². The number of tetrazole rings is 1. The second-order valence-electron chi connectivity index (χ2n) is 8.56. The Morgan fingerprint density at radius 3 is 2.56 bits per heavy atom. The van der Waals surface area contributed by atoms with Gasteiger partial charge in [-0.3, -0.25) is 28.9 Å². The van der Waals surface area contributed by atoms with Crippen molar-refractivity contribution in [2.45, 2.75) is 51.7 Å². The zero-order valence-electron chi connectivity index (χ0n) is 19.9. The second kappa shape index (κ2) is 11.9. The van der Waals surface area contributed by atoms with E-state index in [9.17, 15) is 24.0 Å². The fourth-order valence-corrected chi connectivity index (χ4v) is 3.80. The molecule has 0 spiro atoms. The number of anilines is 1. The van der Waals surface area contributed by atoms with Crippen LogP contribution in [0.25, 0.3) is 0 Å². The highest BCUT2D eigenvalue weighted by Crippen LogP contribution is 2.32. The fourth-order valence-electron chi connectivity index (χ4n) is 3.80. The van der Waals surface area contributed by atoms with E-state index in [1.165, 1.54) is 4.90 Å². The summed E-state index contributed by atoms with van der Waals surface area (Å²) in [5.74, 6) is -3.24. The van der Waals surface area contributed by atoms with Gasteiger partial charge in [-0.25, -0.2) is 0 Å². The van der Waals surface area contributed by atoms with Gasteiger partial charge in [0.15, 0.2) is 5.82 Å². The molecule has 0 saturated carbocycles. The molecule has 2 aromatic rings. The SMILES string of the molecule is CC(C)C(NC(=O)CCC(=O)O)C(=O)NCC(=O)N1c2ccccc2C[C@H]1C(=O)NCc1nn[nH]n1. The van der Waals surface area contributed by atoms with Gasteiger partial charge in [-0.2, -0.15) is 5.21 Å². The van der Waals surface area contributed by atoms with Crippen molar-refractivity contribution in [1.29, 1.82) is 0 Å². The largest absolute Gasteiger partial charge is 0.481 e. The number of carboxylic acid groups (broad SMARTS) is 1. The van der Waals surface area contributed by atoms with Gasteiger partial charge in [0.25, 0.3) is 0 Å². The van der Waals surface area contributed by atoms with E-state index >= 15 is 0 Å². The molecular formula is C22H28N8O6. The molecule has 1 aliphatic rings. The number of benzene rings is 1. The summed E-state index contributed by atoms with van der Waals surface area (Å²) in [6, 6.07) is 5.31. The first-order chi connectivity index (χ1) is 17.2. The van der Waals surface area contributed by atoms with E-state index in [4.69, 9.17) is 5.11 Å². The molecule has 192 valence electrons. The lowest BCUT2D eigenvalue weighted by Crippen LogP contribution is -2.54. The van der Waals surface area contributed by atoms with Crippen LogP contribution in [0.4, 0.5) is 5.69 Å². The van der Waals surface area contributed by atoms with E-state index in [2.05, 4.69) is 36.6 Å². The van der Waals surface area contributed by atoms with Crippen molar-refractivity contribution >= 4 is 35.3 Å². The number of aromatic amines is 1. The molecule has 1 aromatic heterocycles. The molecule has 0 saturated heterocycles. The number of carbonyl (C=O) groups is 5. The number of hydrogen-bond acceptors (Lipinski definition) is 8. The first-order valence-corrected chi connectivity index (χ1v) is 11.4. The van der Waals surface area contributed by atoms with E-state index in [0.29, 0.717) is 12.1 Å². The average Bonchev–Trinajstić information content (AvgIpc) is 3.50. The molecule has 14 nitrogen and oxygen atoms in total.